The topological polar surface area (TPSA) is 16.6 Å². The molecule has 1 aliphatic carbocycles. The molecule has 0 atom stereocenters. The first-order chi connectivity index (χ1) is 3.43. The maximum absolute atomic E-state index is 2.21. The van der Waals surface area contributed by atoms with Crippen LogP contribution in [0.2, 0.25) is 0 Å². The van der Waals surface area contributed by atoms with Crippen molar-refractivity contribution in [3.63, 3.8) is 0 Å². The van der Waals surface area contributed by atoms with Gasteiger partial charge in [-0.1, -0.05) is 6.08 Å². The van der Waals surface area contributed by atoms with Gasteiger partial charge in [-0.2, -0.15) is 0 Å². The van der Waals surface area contributed by atoms with Crippen molar-refractivity contribution < 1.29 is 5.32 Å². The summed E-state index contributed by atoms with van der Waals surface area (Å²) in [6, 6.07) is 0. The van der Waals surface area contributed by atoms with Crippen molar-refractivity contribution in [3.05, 3.63) is 23.9 Å². The van der Waals surface area contributed by atoms with E-state index in [4.69, 9.17) is 0 Å². The lowest BCUT2D eigenvalue weighted by Crippen LogP contribution is -2.76. The lowest BCUT2D eigenvalue weighted by Gasteiger charge is -1.83. The normalized spacial score (nSPS) is 17.6. The van der Waals surface area contributed by atoms with Crippen LogP contribution in [0.15, 0.2) is 23.9 Å². The monoisotopic (exact) mass is 96.1 g/mol. The van der Waals surface area contributed by atoms with E-state index in [1.807, 2.05) is 0 Å². The van der Waals surface area contributed by atoms with Crippen molar-refractivity contribution in [3.8, 4) is 0 Å². The summed E-state index contributed by atoms with van der Waals surface area (Å²) in [5.41, 5.74) is 1.36. The molecule has 2 N–H and O–H groups in total. The summed E-state index contributed by atoms with van der Waals surface area (Å²) in [7, 11) is 2.06. The number of likely N-dealkylation sites (N-methyl/N-ethyl adjacent to an activating group) is 1. The van der Waals surface area contributed by atoms with Crippen LogP contribution < -0.4 is 5.32 Å². The lowest BCUT2D eigenvalue weighted by molar-refractivity contribution is -0.571. The fourth-order valence-corrected chi connectivity index (χ4v) is 0.690. The van der Waals surface area contributed by atoms with Crippen LogP contribution in [0.3, 0.4) is 0 Å². The maximum atomic E-state index is 2.21. The van der Waals surface area contributed by atoms with Crippen molar-refractivity contribution in [1.29, 1.82) is 0 Å². The second kappa shape index (κ2) is 1.94. The lowest BCUT2D eigenvalue weighted by atomic mass is 10.5. The quantitative estimate of drug-likeness (QED) is 0.474. The zero-order valence-corrected chi connectivity index (χ0v) is 4.52. The van der Waals surface area contributed by atoms with E-state index in [9.17, 15) is 0 Å². The van der Waals surface area contributed by atoms with Crippen LogP contribution >= 0.6 is 0 Å². The van der Waals surface area contributed by atoms with Crippen molar-refractivity contribution in [2.24, 2.45) is 0 Å². The molecule has 0 aromatic carbocycles. The molecule has 0 aliphatic heterocycles. The molecule has 0 fully saturated rings. The first kappa shape index (κ1) is 4.60. The number of allylic oxidation sites excluding steroid dienone is 3. The molecular formula is C6H10N+. The zero-order chi connectivity index (χ0) is 5.11. The highest BCUT2D eigenvalue weighted by Crippen LogP contribution is 1.99. The van der Waals surface area contributed by atoms with E-state index >= 15 is 0 Å². The molecule has 1 heteroatoms. The van der Waals surface area contributed by atoms with Crippen LogP contribution in [0.1, 0.15) is 6.42 Å². The Bertz CT molecular complexity index is 111. The fraction of sp³-hybridized carbons (Fsp3) is 0.333. The molecule has 7 heavy (non-hydrogen) atoms. The van der Waals surface area contributed by atoms with Crippen LogP contribution in [0.25, 0.3) is 0 Å². The minimum absolute atomic E-state index is 1.12. The van der Waals surface area contributed by atoms with Gasteiger partial charge in [-0.25, -0.2) is 0 Å². The Kier molecular flexibility index (Phi) is 1.27. The van der Waals surface area contributed by atoms with Gasteiger partial charge in [-0.05, 0) is 18.6 Å². The highest BCUT2D eigenvalue weighted by atomic mass is 14.8. The zero-order valence-electron chi connectivity index (χ0n) is 4.52. The molecule has 0 aromatic rings. The molecule has 0 bridgehead atoms. The predicted octanol–water partition coefficient (Wildman–Crippen LogP) is 0.0234. The van der Waals surface area contributed by atoms with Gasteiger partial charge in [0.1, 0.15) is 5.70 Å². The van der Waals surface area contributed by atoms with Gasteiger partial charge in [-0.15, -0.1) is 0 Å². The molecule has 0 amide bonds. The standard InChI is InChI=1S/C6H9N/c1-7-6-4-2-3-5-6/h2,4-5,7H,3H2,1H3/p+1. The van der Waals surface area contributed by atoms with Crippen molar-refractivity contribution in [2.75, 3.05) is 7.05 Å². The second-order valence-corrected chi connectivity index (χ2v) is 1.63. The summed E-state index contributed by atoms with van der Waals surface area (Å²) in [6.07, 6.45) is 7.63. The molecule has 1 aliphatic rings. The van der Waals surface area contributed by atoms with Crippen molar-refractivity contribution >= 4 is 0 Å². The van der Waals surface area contributed by atoms with Crippen LogP contribution in [-0.4, -0.2) is 7.05 Å². The molecule has 0 heterocycles. The number of rotatable bonds is 1. The number of hydrogen-bond donors (Lipinski definition) is 1. The third-order valence-electron chi connectivity index (χ3n) is 1.13. The molecule has 0 radical (unpaired) electrons. The molecule has 0 saturated heterocycles. The highest BCUT2D eigenvalue weighted by molar-refractivity contribution is 5.17. The average molecular weight is 96.2 g/mol. The molecule has 1 rings (SSSR count). The first-order valence-corrected chi connectivity index (χ1v) is 2.59. The Labute approximate surface area is 43.7 Å². The molecule has 0 unspecified atom stereocenters. The van der Waals surface area contributed by atoms with Gasteiger partial charge in [0.2, 0.25) is 0 Å². The van der Waals surface area contributed by atoms with Crippen LogP contribution in [-0.2, 0) is 0 Å². The van der Waals surface area contributed by atoms with Crippen molar-refractivity contribution in [2.45, 2.75) is 6.42 Å². The van der Waals surface area contributed by atoms with E-state index in [0.717, 1.165) is 6.42 Å². The van der Waals surface area contributed by atoms with Crippen LogP contribution in [0.5, 0.6) is 0 Å². The molecule has 0 spiro atoms. The molecular weight excluding hydrogens is 86.1 g/mol. The highest BCUT2D eigenvalue weighted by Gasteiger charge is 1.94. The van der Waals surface area contributed by atoms with E-state index < -0.39 is 0 Å². The SMILES string of the molecule is C[NH2+]C1=CCC=C1. The van der Waals surface area contributed by atoms with E-state index in [0.29, 0.717) is 0 Å². The van der Waals surface area contributed by atoms with Gasteiger partial charge >= 0.3 is 0 Å². The van der Waals surface area contributed by atoms with Crippen LogP contribution in [0.4, 0.5) is 0 Å². The molecule has 0 saturated carbocycles. The molecule has 38 valence electrons. The van der Waals surface area contributed by atoms with Gasteiger partial charge in [-0.3, -0.25) is 0 Å². The Morgan fingerprint density at radius 3 is 2.86 bits per heavy atom. The van der Waals surface area contributed by atoms with Crippen LogP contribution in [0, 0.1) is 0 Å². The third kappa shape index (κ3) is 0.904. The second-order valence-electron chi connectivity index (χ2n) is 1.63. The summed E-state index contributed by atoms with van der Waals surface area (Å²) >= 11 is 0. The fourth-order valence-electron chi connectivity index (χ4n) is 0.690. The number of nitrogens with two attached hydrogens (primary N) is 1. The predicted molar refractivity (Wildman–Crippen MR) is 29.7 cm³/mol. The summed E-state index contributed by atoms with van der Waals surface area (Å²) in [5.74, 6) is 0. The first-order valence-electron chi connectivity index (χ1n) is 2.59. The summed E-state index contributed by atoms with van der Waals surface area (Å²) in [6.45, 7) is 0. The van der Waals surface area contributed by atoms with Gasteiger partial charge < -0.3 is 5.32 Å². The Morgan fingerprint density at radius 1 is 1.71 bits per heavy atom. The van der Waals surface area contributed by atoms with E-state index in [1.54, 1.807) is 0 Å². The van der Waals surface area contributed by atoms with Gasteiger partial charge in [0.15, 0.2) is 0 Å². The molecule has 1 nitrogen and oxygen atoms in total. The van der Waals surface area contributed by atoms with Crippen molar-refractivity contribution in [1.82, 2.24) is 0 Å². The molecule has 0 aromatic heterocycles. The van der Waals surface area contributed by atoms with E-state index in [2.05, 4.69) is 30.6 Å². The van der Waals surface area contributed by atoms with E-state index in [1.165, 1.54) is 5.70 Å². The smallest absolute Gasteiger partial charge is 0.125 e. The summed E-state index contributed by atoms with van der Waals surface area (Å²) in [5, 5.41) is 2.11. The largest absolute Gasteiger partial charge is 0.317 e. The summed E-state index contributed by atoms with van der Waals surface area (Å²) < 4.78 is 0. The van der Waals surface area contributed by atoms with Gasteiger partial charge in [0, 0.05) is 0 Å². The Balaban J connectivity index is 2.52. The third-order valence-corrected chi connectivity index (χ3v) is 1.13. The average Bonchev–Trinajstić information content (AvgIpc) is 2.14. The Morgan fingerprint density at radius 2 is 2.57 bits per heavy atom. The van der Waals surface area contributed by atoms with E-state index in [-0.39, 0.29) is 0 Å². The van der Waals surface area contributed by atoms with Gasteiger partial charge in [0.25, 0.3) is 0 Å². The van der Waals surface area contributed by atoms with Gasteiger partial charge in [0.05, 0.1) is 7.05 Å². The number of quaternary nitrogens is 1. The Hall–Kier alpha value is -0.560. The summed E-state index contributed by atoms with van der Waals surface area (Å²) in [4.78, 5) is 0. The minimum Gasteiger partial charge on any atom is -0.317 e. The maximum Gasteiger partial charge on any atom is 0.125 e. The minimum atomic E-state index is 1.12. The number of hydrogen-bond acceptors (Lipinski definition) is 0.